The SMILES string of the molecule is COc1cccc(OC)c1C(=O)Nc1ccc(-c2nc3ccc(C)cc3o2)cc1. The molecule has 0 aliphatic rings. The molecule has 6 nitrogen and oxygen atoms in total. The quantitative estimate of drug-likeness (QED) is 0.516. The topological polar surface area (TPSA) is 73.6 Å². The van der Waals surface area contributed by atoms with Crippen molar-refractivity contribution in [2.45, 2.75) is 6.92 Å². The number of carbonyl (C=O) groups is 1. The highest BCUT2D eigenvalue weighted by Gasteiger charge is 2.18. The van der Waals surface area contributed by atoms with Gasteiger partial charge >= 0.3 is 0 Å². The van der Waals surface area contributed by atoms with Crippen molar-refractivity contribution in [2.75, 3.05) is 19.5 Å². The van der Waals surface area contributed by atoms with Crippen LogP contribution >= 0.6 is 0 Å². The number of carbonyl (C=O) groups excluding carboxylic acids is 1. The first-order valence-electron chi connectivity index (χ1n) is 9.09. The number of nitrogens with one attached hydrogen (secondary N) is 1. The van der Waals surface area contributed by atoms with E-state index in [1.54, 1.807) is 30.3 Å². The molecule has 1 N–H and O–H groups in total. The van der Waals surface area contributed by atoms with Gasteiger partial charge in [-0.2, -0.15) is 0 Å². The number of anilines is 1. The van der Waals surface area contributed by atoms with Gasteiger partial charge in [-0.05, 0) is 61.0 Å². The molecule has 0 fully saturated rings. The Balaban J connectivity index is 1.57. The first-order valence-corrected chi connectivity index (χ1v) is 9.09. The van der Waals surface area contributed by atoms with Crippen LogP contribution in [-0.4, -0.2) is 25.1 Å². The molecule has 0 saturated heterocycles. The summed E-state index contributed by atoms with van der Waals surface area (Å²) in [5, 5.41) is 2.87. The number of fused-ring (bicyclic) bond motifs is 1. The van der Waals surface area contributed by atoms with Crippen molar-refractivity contribution in [1.82, 2.24) is 4.98 Å². The van der Waals surface area contributed by atoms with E-state index >= 15 is 0 Å². The maximum atomic E-state index is 12.8. The van der Waals surface area contributed by atoms with E-state index in [2.05, 4.69) is 10.3 Å². The molecule has 1 heterocycles. The van der Waals surface area contributed by atoms with Gasteiger partial charge in [-0.1, -0.05) is 12.1 Å². The van der Waals surface area contributed by atoms with Crippen LogP contribution in [0.1, 0.15) is 15.9 Å². The van der Waals surface area contributed by atoms with Crippen LogP contribution < -0.4 is 14.8 Å². The van der Waals surface area contributed by atoms with Gasteiger partial charge in [-0.25, -0.2) is 4.98 Å². The molecule has 29 heavy (non-hydrogen) atoms. The Morgan fingerprint density at radius 3 is 2.31 bits per heavy atom. The largest absolute Gasteiger partial charge is 0.496 e. The number of hydrogen-bond acceptors (Lipinski definition) is 5. The average Bonchev–Trinajstić information content (AvgIpc) is 3.16. The molecule has 0 atom stereocenters. The maximum Gasteiger partial charge on any atom is 0.263 e. The van der Waals surface area contributed by atoms with E-state index < -0.39 is 0 Å². The fourth-order valence-corrected chi connectivity index (χ4v) is 3.12. The molecular formula is C23H20N2O4. The molecule has 1 amide bonds. The summed E-state index contributed by atoms with van der Waals surface area (Å²) in [6.45, 7) is 2.01. The number of ether oxygens (including phenoxy) is 2. The smallest absolute Gasteiger partial charge is 0.263 e. The Morgan fingerprint density at radius 2 is 1.66 bits per heavy atom. The highest BCUT2D eigenvalue weighted by Crippen LogP contribution is 2.30. The minimum absolute atomic E-state index is 0.315. The van der Waals surface area contributed by atoms with Gasteiger partial charge in [-0.3, -0.25) is 4.79 Å². The molecule has 0 aliphatic carbocycles. The molecule has 6 heteroatoms. The van der Waals surface area contributed by atoms with Gasteiger partial charge in [0.15, 0.2) is 5.58 Å². The van der Waals surface area contributed by atoms with E-state index in [1.165, 1.54) is 14.2 Å². The van der Waals surface area contributed by atoms with Crippen molar-refractivity contribution in [2.24, 2.45) is 0 Å². The first-order chi connectivity index (χ1) is 14.1. The predicted octanol–water partition coefficient (Wildman–Crippen LogP) is 5.07. The van der Waals surface area contributed by atoms with E-state index in [9.17, 15) is 4.79 Å². The molecular weight excluding hydrogens is 368 g/mol. The highest BCUT2D eigenvalue weighted by molar-refractivity contribution is 6.08. The van der Waals surface area contributed by atoms with Gasteiger partial charge in [0.25, 0.3) is 5.91 Å². The zero-order chi connectivity index (χ0) is 20.4. The Hall–Kier alpha value is -3.80. The van der Waals surface area contributed by atoms with Crippen LogP contribution in [0.4, 0.5) is 5.69 Å². The van der Waals surface area contributed by atoms with Crippen LogP contribution in [0.3, 0.4) is 0 Å². The zero-order valence-corrected chi connectivity index (χ0v) is 16.4. The Kier molecular flexibility index (Phi) is 4.91. The Bertz CT molecular complexity index is 1160. The van der Waals surface area contributed by atoms with Gasteiger partial charge < -0.3 is 19.2 Å². The van der Waals surface area contributed by atoms with E-state index in [4.69, 9.17) is 13.9 Å². The normalized spacial score (nSPS) is 10.7. The molecule has 4 aromatic rings. The lowest BCUT2D eigenvalue weighted by Crippen LogP contribution is -2.14. The third-order valence-electron chi connectivity index (χ3n) is 4.59. The summed E-state index contributed by atoms with van der Waals surface area (Å²) < 4.78 is 16.5. The van der Waals surface area contributed by atoms with Gasteiger partial charge in [0.05, 0.1) is 14.2 Å². The van der Waals surface area contributed by atoms with E-state index in [0.29, 0.717) is 28.6 Å². The van der Waals surface area contributed by atoms with Crippen LogP contribution in [0, 0.1) is 6.92 Å². The molecule has 0 bridgehead atoms. The van der Waals surface area contributed by atoms with Crippen molar-refractivity contribution in [1.29, 1.82) is 0 Å². The lowest BCUT2D eigenvalue weighted by Gasteiger charge is -2.13. The van der Waals surface area contributed by atoms with Crippen LogP contribution in [-0.2, 0) is 0 Å². The summed E-state index contributed by atoms with van der Waals surface area (Å²) in [5.74, 6) is 1.11. The third-order valence-corrected chi connectivity index (χ3v) is 4.59. The first kappa shape index (κ1) is 18.6. The molecule has 0 spiro atoms. The summed E-state index contributed by atoms with van der Waals surface area (Å²) in [6.07, 6.45) is 0. The molecule has 4 rings (SSSR count). The van der Waals surface area contributed by atoms with E-state index in [-0.39, 0.29) is 5.91 Å². The summed E-state index contributed by atoms with van der Waals surface area (Å²) in [7, 11) is 3.03. The number of rotatable bonds is 5. The van der Waals surface area contributed by atoms with Crippen LogP contribution in [0.25, 0.3) is 22.6 Å². The van der Waals surface area contributed by atoms with Crippen molar-refractivity contribution in [3.05, 3.63) is 71.8 Å². The predicted molar refractivity (Wildman–Crippen MR) is 112 cm³/mol. The average molecular weight is 388 g/mol. The van der Waals surface area contributed by atoms with Gasteiger partial charge in [0.2, 0.25) is 5.89 Å². The summed E-state index contributed by atoms with van der Waals surface area (Å²) in [6, 6.07) is 18.4. The minimum atomic E-state index is -0.315. The molecule has 0 radical (unpaired) electrons. The number of aryl methyl sites for hydroxylation is 1. The second-order valence-electron chi connectivity index (χ2n) is 6.56. The molecule has 3 aromatic carbocycles. The van der Waals surface area contributed by atoms with Crippen molar-refractivity contribution < 1.29 is 18.7 Å². The zero-order valence-electron chi connectivity index (χ0n) is 16.4. The number of aromatic nitrogens is 1. The standard InChI is InChI=1S/C23H20N2O4/c1-14-7-12-17-20(13-14)29-23(25-17)15-8-10-16(11-9-15)24-22(26)21-18(27-2)5-4-6-19(21)28-3/h4-13H,1-3H3,(H,24,26). The summed E-state index contributed by atoms with van der Waals surface area (Å²) in [4.78, 5) is 17.3. The van der Waals surface area contributed by atoms with Crippen molar-refractivity contribution in [3.8, 4) is 23.0 Å². The number of methoxy groups -OCH3 is 2. The van der Waals surface area contributed by atoms with E-state index in [0.717, 1.165) is 22.2 Å². The van der Waals surface area contributed by atoms with Gasteiger partial charge in [0, 0.05) is 11.3 Å². The van der Waals surface area contributed by atoms with Crippen LogP contribution in [0.15, 0.2) is 65.1 Å². The number of hydrogen-bond donors (Lipinski definition) is 1. The number of nitrogens with zero attached hydrogens (tertiary/aromatic N) is 1. The fraction of sp³-hybridized carbons (Fsp3) is 0.130. The number of benzene rings is 3. The van der Waals surface area contributed by atoms with E-state index in [1.807, 2.05) is 37.3 Å². The highest BCUT2D eigenvalue weighted by atomic mass is 16.5. The maximum absolute atomic E-state index is 12.8. The lowest BCUT2D eigenvalue weighted by molar-refractivity contribution is 0.102. The van der Waals surface area contributed by atoms with Crippen molar-refractivity contribution in [3.63, 3.8) is 0 Å². The summed E-state index contributed by atoms with van der Waals surface area (Å²) >= 11 is 0. The molecule has 0 unspecified atom stereocenters. The third kappa shape index (κ3) is 3.65. The molecule has 0 saturated carbocycles. The molecule has 1 aromatic heterocycles. The number of amides is 1. The monoisotopic (exact) mass is 388 g/mol. The van der Waals surface area contributed by atoms with Crippen LogP contribution in [0.2, 0.25) is 0 Å². The minimum Gasteiger partial charge on any atom is -0.496 e. The second-order valence-corrected chi connectivity index (χ2v) is 6.56. The van der Waals surface area contributed by atoms with Gasteiger partial charge in [0.1, 0.15) is 22.6 Å². The van der Waals surface area contributed by atoms with Crippen LogP contribution in [0.5, 0.6) is 11.5 Å². The molecule has 146 valence electrons. The van der Waals surface area contributed by atoms with Crippen molar-refractivity contribution >= 4 is 22.7 Å². The fourth-order valence-electron chi connectivity index (χ4n) is 3.12. The lowest BCUT2D eigenvalue weighted by atomic mass is 10.1. The second kappa shape index (κ2) is 7.67. The molecule has 0 aliphatic heterocycles. The van der Waals surface area contributed by atoms with Gasteiger partial charge in [-0.15, -0.1) is 0 Å². The Labute approximate surface area is 168 Å². The Morgan fingerprint density at radius 1 is 0.966 bits per heavy atom. The summed E-state index contributed by atoms with van der Waals surface area (Å²) in [5.41, 5.74) is 4.48. The number of oxazole rings is 1.